The van der Waals surface area contributed by atoms with Crippen molar-refractivity contribution in [1.29, 1.82) is 0 Å². The number of ether oxygens (including phenoxy) is 1. The van der Waals surface area contributed by atoms with Gasteiger partial charge in [-0.25, -0.2) is 9.59 Å². The minimum absolute atomic E-state index is 0.0213. The summed E-state index contributed by atoms with van der Waals surface area (Å²) in [7, 11) is 1.53. The van der Waals surface area contributed by atoms with E-state index in [0.717, 1.165) is 5.56 Å². The molecule has 0 saturated carbocycles. The highest BCUT2D eigenvalue weighted by molar-refractivity contribution is 5.90. The highest BCUT2D eigenvalue weighted by Gasteiger charge is 2.48. The fourth-order valence-electron chi connectivity index (χ4n) is 3.77. The van der Waals surface area contributed by atoms with Crippen molar-refractivity contribution in [3.05, 3.63) is 35.9 Å². The van der Waals surface area contributed by atoms with E-state index in [0.29, 0.717) is 19.4 Å². The van der Waals surface area contributed by atoms with Gasteiger partial charge in [-0.15, -0.1) is 0 Å². The Balaban J connectivity index is 1.43. The lowest BCUT2D eigenvalue weighted by Gasteiger charge is -2.29. The van der Waals surface area contributed by atoms with Crippen LogP contribution >= 0.6 is 0 Å². The Morgan fingerprint density at radius 3 is 2.50 bits per heavy atom. The minimum atomic E-state index is -0.696. The van der Waals surface area contributed by atoms with E-state index in [-0.39, 0.29) is 31.6 Å². The molecule has 2 saturated heterocycles. The van der Waals surface area contributed by atoms with E-state index in [1.165, 1.54) is 21.9 Å². The van der Waals surface area contributed by atoms with Crippen molar-refractivity contribution in [2.75, 3.05) is 20.1 Å². The minimum Gasteiger partial charge on any atom is -0.444 e. The second kappa shape index (κ2) is 10.7. The van der Waals surface area contributed by atoms with Crippen LogP contribution in [0.3, 0.4) is 0 Å². The zero-order chi connectivity index (χ0) is 24.9. The van der Waals surface area contributed by atoms with Gasteiger partial charge in [-0.05, 0) is 39.2 Å². The van der Waals surface area contributed by atoms with Crippen LogP contribution in [0.15, 0.2) is 30.3 Å². The van der Waals surface area contributed by atoms with Crippen molar-refractivity contribution in [1.82, 2.24) is 25.7 Å². The molecule has 34 heavy (non-hydrogen) atoms. The van der Waals surface area contributed by atoms with E-state index in [1.54, 1.807) is 20.8 Å². The zero-order valence-electron chi connectivity index (χ0n) is 20.1. The Morgan fingerprint density at radius 1 is 1.12 bits per heavy atom. The molecule has 11 heteroatoms. The quantitative estimate of drug-likeness (QED) is 0.580. The van der Waals surface area contributed by atoms with Gasteiger partial charge in [0.05, 0.1) is 6.04 Å². The van der Waals surface area contributed by atoms with Crippen molar-refractivity contribution in [3.8, 4) is 0 Å². The van der Waals surface area contributed by atoms with Crippen LogP contribution in [-0.2, 0) is 25.8 Å². The third-order valence-electron chi connectivity index (χ3n) is 5.54. The van der Waals surface area contributed by atoms with Gasteiger partial charge >= 0.3 is 12.1 Å². The lowest BCUT2D eigenvalue weighted by molar-refractivity contribution is -0.140. The number of hydrazine groups is 1. The number of rotatable bonds is 7. The molecule has 0 aliphatic carbocycles. The van der Waals surface area contributed by atoms with Gasteiger partial charge in [0.25, 0.3) is 5.91 Å². The molecular formula is C23H33N5O6. The molecule has 3 rings (SSSR count). The summed E-state index contributed by atoms with van der Waals surface area (Å²) in [4.78, 5) is 58.1. The third kappa shape index (κ3) is 6.60. The van der Waals surface area contributed by atoms with Crippen molar-refractivity contribution in [3.63, 3.8) is 0 Å². The highest BCUT2D eigenvalue weighted by atomic mass is 16.7. The topological polar surface area (TPSA) is 121 Å². The van der Waals surface area contributed by atoms with Crippen molar-refractivity contribution in [2.45, 2.75) is 64.3 Å². The Hall–Kier alpha value is -3.34. The number of nitrogens with one attached hydrogen (secondary N) is 2. The van der Waals surface area contributed by atoms with Gasteiger partial charge < -0.3 is 14.5 Å². The normalized spacial score (nSPS) is 19.6. The summed E-state index contributed by atoms with van der Waals surface area (Å²) in [6.07, 6.45) is 0.522. The highest BCUT2D eigenvalue weighted by Crippen LogP contribution is 2.30. The first kappa shape index (κ1) is 25.3. The number of hydrogen-bond donors (Lipinski definition) is 2. The summed E-state index contributed by atoms with van der Waals surface area (Å²) in [5, 5.41) is 1.35. The van der Waals surface area contributed by atoms with E-state index in [9.17, 15) is 19.2 Å². The average molecular weight is 476 g/mol. The zero-order valence-corrected chi connectivity index (χ0v) is 20.1. The smallest absolute Gasteiger partial charge is 0.410 e. The third-order valence-corrected chi connectivity index (χ3v) is 5.54. The summed E-state index contributed by atoms with van der Waals surface area (Å²) in [6, 6.07) is 8.37. The Morgan fingerprint density at radius 2 is 1.82 bits per heavy atom. The first-order valence-electron chi connectivity index (χ1n) is 11.3. The molecule has 0 spiro atoms. The number of hydrogen-bond acceptors (Lipinski definition) is 6. The number of fused-ring (bicyclic) bond motifs is 2. The molecule has 2 bridgehead atoms. The maximum absolute atomic E-state index is 12.8. The summed E-state index contributed by atoms with van der Waals surface area (Å²) in [5.74, 6) is -0.927. The Kier molecular flexibility index (Phi) is 7.98. The van der Waals surface area contributed by atoms with Crippen molar-refractivity contribution >= 4 is 23.9 Å². The van der Waals surface area contributed by atoms with Crippen LogP contribution in [0.2, 0.25) is 0 Å². The summed E-state index contributed by atoms with van der Waals surface area (Å²) in [6.45, 7) is 6.05. The van der Waals surface area contributed by atoms with Gasteiger partial charge in [0, 0.05) is 26.6 Å². The predicted molar refractivity (Wildman–Crippen MR) is 122 cm³/mol. The maximum atomic E-state index is 12.8. The SMILES string of the molecule is CN(CCC(=O)NNC(=O)C1CCC2CN1C(=O)N2OCc1ccccc1)C(=O)OC(C)(C)C. The van der Waals surface area contributed by atoms with Gasteiger partial charge in [0.2, 0.25) is 5.91 Å². The molecule has 186 valence electrons. The molecule has 2 unspecified atom stereocenters. The van der Waals surface area contributed by atoms with Crippen LogP contribution in [0.4, 0.5) is 9.59 Å². The van der Waals surface area contributed by atoms with E-state index in [1.807, 2.05) is 30.3 Å². The van der Waals surface area contributed by atoms with Crippen LogP contribution in [0.1, 0.15) is 45.6 Å². The van der Waals surface area contributed by atoms with Gasteiger partial charge in [-0.2, -0.15) is 5.06 Å². The molecule has 1 aromatic rings. The second-order valence-electron chi connectivity index (χ2n) is 9.46. The van der Waals surface area contributed by atoms with Crippen LogP contribution < -0.4 is 10.9 Å². The fourth-order valence-corrected chi connectivity index (χ4v) is 3.77. The molecule has 2 aliphatic rings. The molecule has 2 atom stereocenters. The van der Waals surface area contributed by atoms with Gasteiger partial charge in [-0.1, -0.05) is 30.3 Å². The Labute approximate surface area is 199 Å². The largest absolute Gasteiger partial charge is 0.444 e. The molecule has 2 heterocycles. The van der Waals surface area contributed by atoms with Gasteiger partial charge in [-0.3, -0.25) is 25.3 Å². The van der Waals surface area contributed by atoms with E-state index >= 15 is 0 Å². The number of benzene rings is 1. The van der Waals surface area contributed by atoms with Gasteiger partial charge in [0.1, 0.15) is 18.2 Å². The van der Waals surface area contributed by atoms with Crippen LogP contribution in [0.25, 0.3) is 0 Å². The average Bonchev–Trinajstić information content (AvgIpc) is 3.03. The lowest BCUT2D eigenvalue weighted by atomic mass is 10.0. The van der Waals surface area contributed by atoms with Crippen molar-refractivity contribution < 1.29 is 28.8 Å². The molecule has 11 nitrogen and oxygen atoms in total. The summed E-state index contributed by atoms with van der Waals surface area (Å²) < 4.78 is 5.23. The van der Waals surface area contributed by atoms with Gasteiger partial charge in [0.15, 0.2) is 0 Å². The number of hydroxylamine groups is 2. The van der Waals surface area contributed by atoms with E-state index in [2.05, 4.69) is 10.9 Å². The summed E-state index contributed by atoms with van der Waals surface area (Å²) in [5.41, 5.74) is 5.06. The van der Waals surface area contributed by atoms with Crippen LogP contribution in [0.5, 0.6) is 0 Å². The number of carbonyl (C=O) groups is 4. The monoisotopic (exact) mass is 475 g/mol. The number of nitrogens with zero attached hydrogens (tertiary/aromatic N) is 3. The molecule has 2 fully saturated rings. The first-order chi connectivity index (χ1) is 16.0. The molecule has 1 aromatic carbocycles. The van der Waals surface area contributed by atoms with E-state index in [4.69, 9.17) is 9.57 Å². The molecule has 5 amide bonds. The van der Waals surface area contributed by atoms with E-state index < -0.39 is 29.6 Å². The van der Waals surface area contributed by atoms with Crippen LogP contribution in [0, 0.1) is 0 Å². The number of amides is 5. The van der Waals surface area contributed by atoms with Crippen molar-refractivity contribution in [2.24, 2.45) is 0 Å². The number of carbonyl (C=O) groups excluding carboxylic acids is 4. The predicted octanol–water partition coefficient (Wildman–Crippen LogP) is 1.79. The molecule has 0 aromatic heterocycles. The molecule has 0 radical (unpaired) electrons. The fraction of sp³-hybridized carbons (Fsp3) is 0.565. The summed E-state index contributed by atoms with van der Waals surface area (Å²) >= 11 is 0. The lowest BCUT2D eigenvalue weighted by Crippen LogP contribution is -2.54. The molecule has 2 aliphatic heterocycles. The molecular weight excluding hydrogens is 442 g/mol. The Bertz CT molecular complexity index is 903. The second-order valence-corrected chi connectivity index (χ2v) is 9.46. The molecule has 2 N–H and O–H groups in total. The standard InChI is InChI=1S/C23H33N5O6/c1-23(2,3)34-22(32)26(4)13-12-19(29)24-25-20(30)18-11-10-17-14-27(18)21(31)28(17)33-15-16-8-6-5-7-9-16/h5-9,17-18H,10-15H2,1-4H3,(H,24,29)(H,25,30). The number of piperidine rings is 1. The maximum Gasteiger partial charge on any atom is 0.410 e. The first-order valence-corrected chi connectivity index (χ1v) is 11.3. The van der Waals surface area contributed by atoms with Crippen LogP contribution in [-0.4, -0.2) is 76.6 Å². The number of urea groups is 1.